The van der Waals surface area contributed by atoms with Crippen LogP contribution in [0.25, 0.3) is 0 Å². The molecule has 1 aromatic heterocycles. The second-order valence-electron chi connectivity index (χ2n) is 7.28. The molecule has 0 amide bonds. The fraction of sp³-hybridized carbons (Fsp3) is 0.789. The summed E-state index contributed by atoms with van der Waals surface area (Å²) in [5.74, 6) is -0.412. The van der Waals surface area contributed by atoms with Crippen molar-refractivity contribution in [3.8, 4) is 0 Å². The van der Waals surface area contributed by atoms with Crippen LogP contribution in [0.5, 0.6) is 0 Å². The van der Waals surface area contributed by atoms with Crippen molar-refractivity contribution in [2.75, 3.05) is 0 Å². The number of aryl methyl sites for hydroxylation is 1. The van der Waals surface area contributed by atoms with Crippen LogP contribution in [-0.2, 0) is 25.6 Å². The second-order valence-corrected chi connectivity index (χ2v) is 8.40. The van der Waals surface area contributed by atoms with E-state index in [0.717, 1.165) is 25.7 Å². The molecule has 3 aliphatic rings. The van der Waals surface area contributed by atoms with Crippen molar-refractivity contribution in [3.05, 3.63) is 21.9 Å². The van der Waals surface area contributed by atoms with Crippen molar-refractivity contribution in [1.29, 1.82) is 0 Å². The first kappa shape index (κ1) is 17.0. The van der Waals surface area contributed by atoms with Crippen molar-refractivity contribution < 1.29 is 18.9 Å². The molecule has 4 rings (SSSR count). The molecule has 0 unspecified atom stereocenters. The monoisotopic (exact) mass is 352 g/mol. The van der Waals surface area contributed by atoms with Crippen LogP contribution in [0.4, 0.5) is 0 Å². The summed E-state index contributed by atoms with van der Waals surface area (Å²) < 4.78 is 25.2. The van der Waals surface area contributed by atoms with Crippen molar-refractivity contribution >= 4 is 11.3 Å². The van der Waals surface area contributed by atoms with Gasteiger partial charge >= 0.3 is 0 Å². The highest BCUT2D eigenvalue weighted by Gasteiger charge is 2.58. The van der Waals surface area contributed by atoms with Gasteiger partial charge in [0.05, 0.1) is 12.7 Å². The maximum Gasteiger partial charge on any atom is 0.190 e. The Kier molecular flexibility index (Phi) is 4.98. The van der Waals surface area contributed by atoms with Crippen LogP contribution >= 0.6 is 11.3 Å². The number of thiophene rings is 1. The number of ether oxygens (including phenoxy) is 4. The predicted molar refractivity (Wildman–Crippen MR) is 93.0 cm³/mol. The van der Waals surface area contributed by atoms with Gasteiger partial charge in [0.2, 0.25) is 0 Å². The van der Waals surface area contributed by atoms with Crippen LogP contribution in [0.2, 0.25) is 0 Å². The average Bonchev–Trinajstić information content (AvgIpc) is 3.21. The van der Waals surface area contributed by atoms with E-state index >= 15 is 0 Å². The molecule has 4 atom stereocenters. The van der Waals surface area contributed by atoms with Crippen LogP contribution in [-0.4, -0.2) is 30.4 Å². The summed E-state index contributed by atoms with van der Waals surface area (Å²) in [5, 5.41) is 2.12. The molecule has 1 aliphatic carbocycles. The predicted octanol–water partition coefficient (Wildman–Crippen LogP) is 4.54. The van der Waals surface area contributed by atoms with Crippen LogP contribution in [0.3, 0.4) is 0 Å². The Balaban J connectivity index is 1.45. The molecule has 134 valence electrons. The van der Waals surface area contributed by atoms with Gasteiger partial charge in [0.25, 0.3) is 0 Å². The summed E-state index contributed by atoms with van der Waals surface area (Å²) in [4.78, 5) is 1.32. The Hall–Kier alpha value is -0.460. The fourth-order valence-electron chi connectivity index (χ4n) is 4.19. The normalized spacial score (nSPS) is 34.8. The van der Waals surface area contributed by atoms with Gasteiger partial charge in [-0.1, -0.05) is 19.8 Å². The molecule has 2 aliphatic heterocycles. The average molecular weight is 352 g/mol. The summed E-state index contributed by atoms with van der Waals surface area (Å²) in [5.41, 5.74) is 1.27. The molecule has 0 radical (unpaired) electrons. The summed E-state index contributed by atoms with van der Waals surface area (Å²) in [7, 11) is 0. The SMILES string of the molecule is CCC[C@H]1O[C@@H]2OC3(CCCCC3)O[C@@H]2[C@H]1OCc1ccsc1C. The van der Waals surface area contributed by atoms with Gasteiger partial charge in [-0.2, -0.15) is 0 Å². The largest absolute Gasteiger partial charge is 0.368 e. The van der Waals surface area contributed by atoms with Gasteiger partial charge in [-0.25, -0.2) is 0 Å². The van der Waals surface area contributed by atoms with E-state index in [2.05, 4.69) is 25.3 Å². The highest BCUT2D eigenvalue weighted by Crippen LogP contribution is 2.46. The molecule has 0 bridgehead atoms. The molecule has 1 aromatic rings. The smallest absolute Gasteiger partial charge is 0.190 e. The third kappa shape index (κ3) is 3.17. The van der Waals surface area contributed by atoms with Gasteiger partial charge in [0.1, 0.15) is 12.2 Å². The van der Waals surface area contributed by atoms with Gasteiger partial charge in [-0.05, 0) is 43.2 Å². The first-order valence-corrected chi connectivity index (χ1v) is 10.2. The number of hydrogen-bond donors (Lipinski definition) is 0. The zero-order chi connectivity index (χ0) is 16.6. The maximum absolute atomic E-state index is 6.43. The minimum Gasteiger partial charge on any atom is -0.368 e. The lowest BCUT2D eigenvalue weighted by Crippen LogP contribution is -2.40. The highest BCUT2D eigenvalue weighted by molar-refractivity contribution is 7.10. The molecule has 3 fully saturated rings. The van der Waals surface area contributed by atoms with E-state index in [0.29, 0.717) is 6.61 Å². The Labute approximate surface area is 148 Å². The molecule has 0 N–H and O–H groups in total. The zero-order valence-electron chi connectivity index (χ0n) is 14.7. The van der Waals surface area contributed by atoms with E-state index in [1.807, 2.05) is 0 Å². The fourth-order valence-corrected chi connectivity index (χ4v) is 4.91. The number of fused-ring (bicyclic) bond motifs is 1. The van der Waals surface area contributed by atoms with Crippen LogP contribution in [0.15, 0.2) is 11.4 Å². The van der Waals surface area contributed by atoms with E-state index in [1.54, 1.807) is 11.3 Å². The van der Waals surface area contributed by atoms with Crippen LogP contribution in [0.1, 0.15) is 62.3 Å². The Morgan fingerprint density at radius 1 is 1.25 bits per heavy atom. The molecule has 2 saturated heterocycles. The van der Waals surface area contributed by atoms with Crippen LogP contribution in [0, 0.1) is 6.92 Å². The first-order valence-electron chi connectivity index (χ1n) is 9.36. The molecule has 24 heavy (non-hydrogen) atoms. The molecule has 1 saturated carbocycles. The quantitative estimate of drug-likeness (QED) is 0.779. The van der Waals surface area contributed by atoms with Gasteiger partial charge in [-0.15, -0.1) is 11.3 Å². The van der Waals surface area contributed by atoms with Crippen LogP contribution < -0.4 is 0 Å². The summed E-state index contributed by atoms with van der Waals surface area (Å²) >= 11 is 1.77. The van der Waals surface area contributed by atoms with Crippen molar-refractivity contribution in [1.82, 2.24) is 0 Å². The summed E-state index contributed by atoms with van der Waals surface area (Å²) in [6, 6.07) is 2.15. The lowest BCUT2D eigenvalue weighted by Gasteiger charge is -2.34. The molecule has 3 heterocycles. The summed E-state index contributed by atoms with van der Waals surface area (Å²) in [6.45, 7) is 4.96. The lowest BCUT2D eigenvalue weighted by atomic mass is 9.94. The third-order valence-electron chi connectivity index (χ3n) is 5.54. The lowest BCUT2D eigenvalue weighted by molar-refractivity contribution is -0.249. The van der Waals surface area contributed by atoms with Gasteiger partial charge in [0, 0.05) is 17.7 Å². The Bertz CT molecular complexity index is 551. The number of rotatable bonds is 5. The minimum absolute atomic E-state index is 0.0319. The Morgan fingerprint density at radius 2 is 2.08 bits per heavy atom. The standard InChI is InChI=1S/C19H28O4S/c1-3-7-15-16(20-12-14-8-11-24-13(14)2)17-18(21-15)23-19(22-17)9-5-4-6-10-19/h8,11,15-18H,3-7,9-10,12H2,1-2H3/t15-,16+,17-,18-/m1/s1. The highest BCUT2D eigenvalue weighted by atomic mass is 32.1. The first-order chi connectivity index (χ1) is 11.7. The second kappa shape index (κ2) is 7.04. The molecule has 1 spiro atoms. The molecule has 4 nitrogen and oxygen atoms in total. The van der Waals surface area contributed by atoms with E-state index in [1.165, 1.54) is 29.7 Å². The Morgan fingerprint density at radius 3 is 2.79 bits per heavy atom. The van der Waals surface area contributed by atoms with Gasteiger partial charge in [-0.3, -0.25) is 0 Å². The van der Waals surface area contributed by atoms with E-state index in [4.69, 9.17) is 18.9 Å². The van der Waals surface area contributed by atoms with Crippen molar-refractivity contribution in [2.45, 2.75) is 95.8 Å². The summed E-state index contributed by atoms with van der Waals surface area (Å²) in [6.07, 6.45) is 7.37. The molecular formula is C19H28O4S. The van der Waals surface area contributed by atoms with Gasteiger partial charge in [0.15, 0.2) is 12.1 Å². The van der Waals surface area contributed by atoms with E-state index in [-0.39, 0.29) is 24.6 Å². The van der Waals surface area contributed by atoms with E-state index < -0.39 is 5.79 Å². The number of hydrogen-bond acceptors (Lipinski definition) is 5. The zero-order valence-corrected chi connectivity index (χ0v) is 15.5. The van der Waals surface area contributed by atoms with Crippen molar-refractivity contribution in [3.63, 3.8) is 0 Å². The molecule has 5 heteroatoms. The third-order valence-corrected chi connectivity index (χ3v) is 6.42. The maximum atomic E-state index is 6.43. The molecule has 0 aromatic carbocycles. The van der Waals surface area contributed by atoms with E-state index in [9.17, 15) is 0 Å². The van der Waals surface area contributed by atoms with Crippen molar-refractivity contribution in [2.24, 2.45) is 0 Å². The van der Waals surface area contributed by atoms with Gasteiger partial charge < -0.3 is 18.9 Å². The molecular weight excluding hydrogens is 324 g/mol. The topological polar surface area (TPSA) is 36.9 Å². The minimum atomic E-state index is -0.412.